The molecule has 5 atom stereocenters. The maximum absolute atomic E-state index is 11.7. The fourth-order valence-electron chi connectivity index (χ4n) is 5.49. The van der Waals surface area contributed by atoms with Crippen molar-refractivity contribution < 1.29 is 4.79 Å². The molecule has 0 N–H and O–H groups in total. The summed E-state index contributed by atoms with van der Waals surface area (Å²) in [7, 11) is 0. The van der Waals surface area contributed by atoms with Gasteiger partial charge in [-0.25, -0.2) is 0 Å². The van der Waals surface area contributed by atoms with Crippen LogP contribution < -0.4 is 0 Å². The SMILES string of the molecule is CC1CC(C2C3CCC(C3)C2(C)C)CCC1=O. The van der Waals surface area contributed by atoms with Gasteiger partial charge in [0.15, 0.2) is 0 Å². The second-order valence-corrected chi connectivity index (χ2v) is 7.52. The Morgan fingerprint density at radius 1 is 1.06 bits per heavy atom. The van der Waals surface area contributed by atoms with Gasteiger partial charge in [-0.15, -0.1) is 0 Å². The van der Waals surface area contributed by atoms with Crippen LogP contribution in [0.5, 0.6) is 0 Å². The van der Waals surface area contributed by atoms with E-state index < -0.39 is 0 Å². The molecule has 0 saturated heterocycles. The molecule has 0 spiro atoms. The third-order valence-electron chi connectivity index (χ3n) is 6.37. The molecule has 5 unspecified atom stereocenters. The first-order valence-electron chi connectivity index (χ1n) is 7.53. The number of hydrogen-bond donors (Lipinski definition) is 0. The number of ketones is 1. The molecule has 2 bridgehead atoms. The van der Waals surface area contributed by atoms with Crippen LogP contribution in [-0.4, -0.2) is 5.78 Å². The van der Waals surface area contributed by atoms with Gasteiger partial charge < -0.3 is 0 Å². The van der Waals surface area contributed by atoms with Crippen molar-refractivity contribution in [3.63, 3.8) is 0 Å². The number of fused-ring (bicyclic) bond motifs is 2. The fraction of sp³-hybridized carbons (Fsp3) is 0.938. The zero-order valence-electron chi connectivity index (χ0n) is 11.5. The lowest BCUT2D eigenvalue weighted by Gasteiger charge is -2.45. The van der Waals surface area contributed by atoms with Crippen molar-refractivity contribution in [1.82, 2.24) is 0 Å². The molecule has 0 aromatic heterocycles. The van der Waals surface area contributed by atoms with Crippen LogP contribution >= 0.6 is 0 Å². The predicted octanol–water partition coefficient (Wildman–Crippen LogP) is 4.06. The average Bonchev–Trinajstić information content (AvgIpc) is 2.80. The van der Waals surface area contributed by atoms with E-state index in [1.54, 1.807) is 0 Å². The smallest absolute Gasteiger partial charge is 0.135 e. The van der Waals surface area contributed by atoms with E-state index in [2.05, 4.69) is 20.8 Å². The summed E-state index contributed by atoms with van der Waals surface area (Å²) in [6, 6.07) is 0. The molecule has 0 heterocycles. The summed E-state index contributed by atoms with van der Waals surface area (Å²) >= 11 is 0. The van der Waals surface area contributed by atoms with Crippen molar-refractivity contribution in [2.24, 2.45) is 35.0 Å². The molecule has 3 fully saturated rings. The van der Waals surface area contributed by atoms with Crippen LogP contribution in [0.2, 0.25) is 0 Å². The van der Waals surface area contributed by atoms with Gasteiger partial charge in [0.2, 0.25) is 0 Å². The summed E-state index contributed by atoms with van der Waals surface area (Å²) in [6.07, 6.45) is 7.63. The molecule has 0 aliphatic heterocycles. The van der Waals surface area contributed by atoms with Crippen LogP contribution in [0.1, 0.15) is 59.3 Å². The van der Waals surface area contributed by atoms with Crippen LogP contribution in [0.4, 0.5) is 0 Å². The van der Waals surface area contributed by atoms with E-state index in [1.807, 2.05) is 0 Å². The molecule has 0 amide bonds. The molecule has 3 aliphatic rings. The van der Waals surface area contributed by atoms with Gasteiger partial charge in [-0.3, -0.25) is 4.79 Å². The van der Waals surface area contributed by atoms with Crippen molar-refractivity contribution in [1.29, 1.82) is 0 Å². The molecule has 0 aromatic rings. The maximum atomic E-state index is 11.7. The van der Waals surface area contributed by atoms with Crippen LogP contribution in [0.3, 0.4) is 0 Å². The zero-order chi connectivity index (χ0) is 12.2. The number of carbonyl (C=O) groups is 1. The largest absolute Gasteiger partial charge is 0.299 e. The summed E-state index contributed by atoms with van der Waals surface area (Å²) in [4.78, 5) is 11.7. The Morgan fingerprint density at radius 2 is 1.76 bits per heavy atom. The highest BCUT2D eigenvalue weighted by Crippen LogP contribution is 2.63. The van der Waals surface area contributed by atoms with Gasteiger partial charge in [0.05, 0.1) is 0 Å². The summed E-state index contributed by atoms with van der Waals surface area (Å²) in [5, 5.41) is 0. The Kier molecular flexibility index (Phi) is 2.65. The highest BCUT2D eigenvalue weighted by Gasteiger charge is 2.55. The summed E-state index contributed by atoms with van der Waals surface area (Å²) in [5.41, 5.74) is 0.549. The van der Waals surface area contributed by atoms with E-state index in [4.69, 9.17) is 0 Å². The Balaban J connectivity index is 1.78. The van der Waals surface area contributed by atoms with E-state index in [-0.39, 0.29) is 0 Å². The Hall–Kier alpha value is -0.330. The Bertz CT molecular complexity index is 330. The van der Waals surface area contributed by atoms with Crippen LogP contribution in [0.25, 0.3) is 0 Å². The van der Waals surface area contributed by atoms with E-state index in [0.29, 0.717) is 17.1 Å². The van der Waals surface area contributed by atoms with Crippen molar-refractivity contribution >= 4 is 5.78 Å². The van der Waals surface area contributed by atoms with Crippen LogP contribution in [0.15, 0.2) is 0 Å². The third kappa shape index (κ3) is 1.69. The van der Waals surface area contributed by atoms with Crippen molar-refractivity contribution in [3.05, 3.63) is 0 Å². The first kappa shape index (κ1) is 11.7. The number of hydrogen-bond acceptors (Lipinski definition) is 1. The van der Waals surface area contributed by atoms with Crippen molar-refractivity contribution in [3.8, 4) is 0 Å². The average molecular weight is 234 g/mol. The van der Waals surface area contributed by atoms with Crippen LogP contribution in [0, 0.1) is 35.0 Å². The van der Waals surface area contributed by atoms with Gasteiger partial charge >= 0.3 is 0 Å². The molecule has 3 saturated carbocycles. The summed E-state index contributed by atoms with van der Waals surface area (Å²) in [6.45, 7) is 7.15. The Morgan fingerprint density at radius 3 is 2.35 bits per heavy atom. The minimum atomic E-state index is 0.337. The molecular formula is C16H26O. The summed E-state index contributed by atoms with van der Waals surface area (Å²) < 4.78 is 0. The topological polar surface area (TPSA) is 17.1 Å². The lowest BCUT2D eigenvalue weighted by Crippen LogP contribution is -2.39. The first-order chi connectivity index (χ1) is 8.00. The minimum Gasteiger partial charge on any atom is -0.299 e. The van der Waals surface area contributed by atoms with Crippen molar-refractivity contribution in [2.45, 2.75) is 59.3 Å². The maximum Gasteiger partial charge on any atom is 0.135 e. The third-order valence-corrected chi connectivity index (χ3v) is 6.37. The number of carbonyl (C=O) groups excluding carboxylic acids is 1. The molecule has 17 heavy (non-hydrogen) atoms. The minimum absolute atomic E-state index is 0.337. The molecule has 0 radical (unpaired) electrons. The number of rotatable bonds is 1. The molecule has 0 aromatic carbocycles. The molecule has 3 rings (SSSR count). The molecular weight excluding hydrogens is 208 g/mol. The molecule has 1 heteroatoms. The highest BCUT2D eigenvalue weighted by molar-refractivity contribution is 5.81. The van der Waals surface area contributed by atoms with E-state index in [0.717, 1.165) is 30.1 Å². The zero-order valence-corrected chi connectivity index (χ0v) is 11.5. The second-order valence-electron chi connectivity index (χ2n) is 7.52. The lowest BCUT2D eigenvalue weighted by atomic mass is 9.60. The highest BCUT2D eigenvalue weighted by atomic mass is 16.1. The van der Waals surface area contributed by atoms with E-state index in [1.165, 1.54) is 32.1 Å². The lowest BCUT2D eigenvalue weighted by molar-refractivity contribution is -0.126. The van der Waals surface area contributed by atoms with Gasteiger partial charge in [0.1, 0.15) is 5.78 Å². The normalized spacial score (nSPS) is 48.6. The van der Waals surface area contributed by atoms with E-state index in [9.17, 15) is 4.79 Å². The quantitative estimate of drug-likeness (QED) is 0.668. The molecule has 96 valence electrons. The van der Waals surface area contributed by atoms with Gasteiger partial charge in [-0.05, 0) is 61.2 Å². The predicted molar refractivity (Wildman–Crippen MR) is 69.6 cm³/mol. The monoisotopic (exact) mass is 234 g/mol. The molecule has 1 nitrogen and oxygen atoms in total. The first-order valence-corrected chi connectivity index (χ1v) is 7.53. The van der Waals surface area contributed by atoms with Gasteiger partial charge in [-0.2, -0.15) is 0 Å². The molecule has 3 aliphatic carbocycles. The van der Waals surface area contributed by atoms with Crippen molar-refractivity contribution in [2.75, 3.05) is 0 Å². The fourth-order valence-corrected chi connectivity index (χ4v) is 5.49. The van der Waals surface area contributed by atoms with Gasteiger partial charge in [-0.1, -0.05) is 20.8 Å². The Labute approximate surface area is 105 Å². The van der Waals surface area contributed by atoms with Gasteiger partial charge in [0.25, 0.3) is 0 Å². The van der Waals surface area contributed by atoms with E-state index >= 15 is 0 Å². The van der Waals surface area contributed by atoms with Crippen LogP contribution in [-0.2, 0) is 4.79 Å². The van der Waals surface area contributed by atoms with Gasteiger partial charge in [0, 0.05) is 12.3 Å². The summed E-state index contributed by atoms with van der Waals surface area (Å²) in [5.74, 6) is 4.57. The second kappa shape index (κ2) is 3.83. The number of Topliss-reactive ketones (excluding diaryl/α,β-unsaturated/α-hetero) is 1. The standard InChI is InChI=1S/C16H26O/c1-10-8-11(5-7-14(10)17)15-12-4-6-13(9-12)16(15,2)3/h10-13,15H,4-9H2,1-3H3.